The number of rotatable bonds is 4. The lowest BCUT2D eigenvalue weighted by molar-refractivity contribution is 0.547. The highest BCUT2D eigenvalue weighted by atomic mass is 32.2. The summed E-state index contributed by atoms with van der Waals surface area (Å²) in [5.74, 6) is -3.92. The molecule has 1 N–H and O–H groups in total. The molecule has 0 aliphatic rings. The molecular formula is C9H10F3NO2S. The molecule has 0 atom stereocenters. The number of hydrogen-bond acceptors (Lipinski definition) is 2. The van der Waals surface area contributed by atoms with E-state index < -0.39 is 33.2 Å². The summed E-state index contributed by atoms with van der Waals surface area (Å²) in [6.45, 7) is 1.61. The molecule has 0 amide bonds. The van der Waals surface area contributed by atoms with E-state index in [1.54, 1.807) is 11.6 Å². The summed E-state index contributed by atoms with van der Waals surface area (Å²) in [4.78, 5) is 0. The first kappa shape index (κ1) is 12.8. The van der Waals surface area contributed by atoms with Crippen LogP contribution in [-0.2, 0) is 10.0 Å². The van der Waals surface area contributed by atoms with Crippen molar-refractivity contribution in [3.05, 3.63) is 29.6 Å². The van der Waals surface area contributed by atoms with E-state index in [0.29, 0.717) is 18.6 Å². The van der Waals surface area contributed by atoms with Crippen LogP contribution in [0.4, 0.5) is 18.9 Å². The predicted octanol–water partition coefficient (Wildman–Crippen LogP) is 2.26. The van der Waals surface area contributed by atoms with Gasteiger partial charge >= 0.3 is 0 Å². The number of sulfonamides is 1. The van der Waals surface area contributed by atoms with Gasteiger partial charge in [-0.05, 0) is 6.42 Å². The van der Waals surface area contributed by atoms with Crippen LogP contribution in [0, 0.1) is 17.5 Å². The van der Waals surface area contributed by atoms with Gasteiger partial charge in [-0.1, -0.05) is 6.92 Å². The third-order valence-corrected chi connectivity index (χ3v) is 3.20. The van der Waals surface area contributed by atoms with E-state index >= 15 is 0 Å². The summed E-state index contributed by atoms with van der Waals surface area (Å²) >= 11 is 0. The van der Waals surface area contributed by atoms with Crippen LogP contribution in [0.25, 0.3) is 0 Å². The Kier molecular flexibility index (Phi) is 3.79. The van der Waals surface area contributed by atoms with Gasteiger partial charge in [-0.2, -0.15) is 0 Å². The lowest BCUT2D eigenvalue weighted by Gasteiger charge is -2.08. The minimum absolute atomic E-state index is 0.261. The topological polar surface area (TPSA) is 46.2 Å². The quantitative estimate of drug-likeness (QED) is 0.894. The van der Waals surface area contributed by atoms with E-state index in [1.807, 2.05) is 0 Å². The third kappa shape index (κ3) is 3.13. The van der Waals surface area contributed by atoms with Crippen LogP contribution in [-0.4, -0.2) is 14.2 Å². The van der Waals surface area contributed by atoms with Crippen molar-refractivity contribution in [2.45, 2.75) is 13.3 Å². The fourth-order valence-corrected chi connectivity index (χ4v) is 2.26. The van der Waals surface area contributed by atoms with Crippen molar-refractivity contribution >= 4 is 15.7 Å². The molecule has 0 aromatic heterocycles. The Morgan fingerprint density at radius 3 is 2.12 bits per heavy atom. The number of hydrogen-bond donors (Lipinski definition) is 1. The average Bonchev–Trinajstić information content (AvgIpc) is 2.11. The largest absolute Gasteiger partial charge is 0.278 e. The van der Waals surface area contributed by atoms with Gasteiger partial charge in [0.25, 0.3) is 0 Å². The first-order valence-corrected chi connectivity index (χ1v) is 6.16. The van der Waals surface area contributed by atoms with E-state index in [9.17, 15) is 21.6 Å². The Morgan fingerprint density at radius 1 is 1.19 bits per heavy atom. The Labute approximate surface area is 91.3 Å². The molecule has 0 saturated heterocycles. The van der Waals surface area contributed by atoms with Crippen molar-refractivity contribution in [3.63, 3.8) is 0 Å². The van der Waals surface area contributed by atoms with Crippen molar-refractivity contribution in [3.8, 4) is 0 Å². The van der Waals surface area contributed by atoms with Crippen LogP contribution in [0.1, 0.15) is 13.3 Å². The second-order valence-electron chi connectivity index (χ2n) is 3.17. The maximum Gasteiger partial charge on any atom is 0.232 e. The molecule has 1 rings (SSSR count). The molecule has 3 nitrogen and oxygen atoms in total. The summed E-state index contributed by atoms with van der Waals surface area (Å²) in [6.07, 6.45) is 0.305. The molecule has 0 radical (unpaired) electrons. The van der Waals surface area contributed by atoms with E-state index in [4.69, 9.17) is 0 Å². The number of anilines is 1. The highest BCUT2D eigenvalue weighted by molar-refractivity contribution is 7.92. The summed E-state index contributed by atoms with van der Waals surface area (Å²) in [5.41, 5.74) is -0.852. The minimum atomic E-state index is -3.79. The predicted molar refractivity (Wildman–Crippen MR) is 54.0 cm³/mol. The summed E-state index contributed by atoms with van der Waals surface area (Å²) in [6, 6.07) is 0.819. The second kappa shape index (κ2) is 4.73. The molecule has 0 spiro atoms. The monoisotopic (exact) mass is 253 g/mol. The van der Waals surface area contributed by atoms with Gasteiger partial charge in [-0.3, -0.25) is 4.72 Å². The second-order valence-corrected chi connectivity index (χ2v) is 5.01. The van der Waals surface area contributed by atoms with Gasteiger partial charge in [0, 0.05) is 12.1 Å². The van der Waals surface area contributed by atoms with Crippen molar-refractivity contribution < 1.29 is 21.6 Å². The SMILES string of the molecule is CCCS(=O)(=O)Nc1c(F)cc(F)cc1F. The molecule has 0 fully saturated rings. The van der Waals surface area contributed by atoms with Crippen LogP contribution >= 0.6 is 0 Å². The van der Waals surface area contributed by atoms with Crippen molar-refractivity contribution in [2.75, 3.05) is 10.5 Å². The van der Waals surface area contributed by atoms with Gasteiger partial charge in [-0.25, -0.2) is 21.6 Å². The Morgan fingerprint density at radius 2 is 1.69 bits per heavy atom. The molecule has 0 aliphatic carbocycles. The average molecular weight is 253 g/mol. The van der Waals surface area contributed by atoms with Crippen LogP contribution in [0.15, 0.2) is 12.1 Å². The Bertz CT molecular complexity index is 465. The molecular weight excluding hydrogens is 243 g/mol. The van der Waals surface area contributed by atoms with Crippen molar-refractivity contribution in [1.82, 2.24) is 0 Å². The van der Waals surface area contributed by atoms with Gasteiger partial charge in [0.05, 0.1) is 5.75 Å². The zero-order chi connectivity index (χ0) is 12.3. The van der Waals surface area contributed by atoms with E-state index in [1.165, 1.54) is 0 Å². The highest BCUT2D eigenvalue weighted by Gasteiger charge is 2.17. The van der Waals surface area contributed by atoms with Gasteiger partial charge in [0.2, 0.25) is 10.0 Å². The number of halogens is 3. The fraction of sp³-hybridized carbons (Fsp3) is 0.333. The number of benzene rings is 1. The minimum Gasteiger partial charge on any atom is -0.278 e. The van der Waals surface area contributed by atoms with Crippen molar-refractivity contribution in [1.29, 1.82) is 0 Å². The van der Waals surface area contributed by atoms with Crippen LogP contribution in [0.5, 0.6) is 0 Å². The van der Waals surface area contributed by atoms with E-state index in [0.717, 1.165) is 0 Å². The third-order valence-electron chi connectivity index (χ3n) is 1.74. The number of nitrogens with one attached hydrogen (secondary N) is 1. The molecule has 0 bridgehead atoms. The molecule has 0 aliphatic heterocycles. The van der Waals surface area contributed by atoms with Gasteiger partial charge in [-0.15, -0.1) is 0 Å². The van der Waals surface area contributed by atoms with Gasteiger partial charge in [0.15, 0.2) is 11.6 Å². The van der Waals surface area contributed by atoms with E-state index in [-0.39, 0.29) is 5.75 Å². The van der Waals surface area contributed by atoms with E-state index in [2.05, 4.69) is 0 Å². The molecule has 0 heterocycles. The first-order chi connectivity index (χ1) is 7.35. The molecule has 90 valence electrons. The molecule has 1 aromatic rings. The fourth-order valence-electron chi connectivity index (χ4n) is 1.11. The Balaban J connectivity index is 3.07. The molecule has 1 aromatic carbocycles. The maximum atomic E-state index is 13.1. The normalized spacial score (nSPS) is 11.5. The summed E-state index contributed by atoms with van der Waals surface area (Å²) in [7, 11) is -3.79. The van der Waals surface area contributed by atoms with Crippen LogP contribution in [0.2, 0.25) is 0 Å². The highest BCUT2D eigenvalue weighted by Crippen LogP contribution is 2.21. The standard InChI is InChI=1S/C9H10F3NO2S/c1-2-3-16(14,15)13-9-7(11)4-6(10)5-8(9)12/h4-5,13H,2-3H2,1H3. The molecule has 0 unspecified atom stereocenters. The zero-order valence-corrected chi connectivity index (χ0v) is 9.24. The first-order valence-electron chi connectivity index (χ1n) is 4.50. The molecule has 7 heteroatoms. The Hall–Kier alpha value is -1.24. The summed E-state index contributed by atoms with van der Waals surface area (Å²) in [5, 5.41) is 0. The lowest BCUT2D eigenvalue weighted by Crippen LogP contribution is -2.18. The van der Waals surface area contributed by atoms with Crippen LogP contribution < -0.4 is 4.72 Å². The maximum absolute atomic E-state index is 13.1. The van der Waals surface area contributed by atoms with Crippen LogP contribution in [0.3, 0.4) is 0 Å². The zero-order valence-electron chi connectivity index (χ0n) is 8.43. The van der Waals surface area contributed by atoms with Gasteiger partial charge in [0.1, 0.15) is 11.5 Å². The molecule has 0 saturated carbocycles. The van der Waals surface area contributed by atoms with Gasteiger partial charge < -0.3 is 0 Å². The van der Waals surface area contributed by atoms with Crippen molar-refractivity contribution in [2.24, 2.45) is 0 Å². The smallest absolute Gasteiger partial charge is 0.232 e. The summed E-state index contributed by atoms with van der Waals surface area (Å²) < 4.78 is 62.9. The molecule has 16 heavy (non-hydrogen) atoms. The lowest BCUT2D eigenvalue weighted by atomic mass is 10.3.